The Morgan fingerprint density at radius 3 is 2.28 bits per heavy atom. The lowest BCUT2D eigenvalue weighted by atomic mass is 10.1. The first-order valence-corrected chi connectivity index (χ1v) is 10.5. The van der Waals surface area contributed by atoms with Crippen LogP contribution in [0.3, 0.4) is 0 Å². The van der Waals surface area contributed by atoms with Gasteiger partial charge in [0.25, 0.3) is 0 Å². The summed E-state index contributed by atoms with van der Waals surface area (Å²) < 4.78 is 48.0. The third kappa shape index (κ3) is 4.72. The molecule has 1 fully saturated rings. The molecule has 1 aliphatic heterocycles. The van der Waals surface area contributed by atoms with Gasteiger partial charge in [0.05, 0.1) is 34.5 Å². The first kappa shape index (κ1) is 21.2. The highest BCUT2D eigenvalue weighted by Crippen LogP contribution is 2.34. The van der Waals surface area contributed by atoms with Crippen LogP contribution >= 0.6 is 0 Å². The van der Waals surface area contributed by atoms with Gasteiger partial charge in [-0.3, -0.25) is 0 Å². The van der Waals surface area contributed by atoms with Gasteiger partial charge in [-0.1, -0.05) is 0 Å². The third-order valence-corrected chi connectivity index (χ3v) is 6.47. The van der Waals surface area contributed by atoms with Crippen molar-refractivity contribution in [2.75, 3.05) is 52.9 Å². The Labute approximate surface area is 170 Å². The fraction of sp³-hybridized carbons (Fsp3) is 0.421. The number of rotatable bonds is 8. The molecular formula is C19H25N3O6S. The Balaban J connectivity index is 1.72. The van der Waals surface area contributed by atoms with Crippen molar-refractivity contribution in [2.24, 2.45) is 0 Å². The maximum atomic E-state index is 12.7. The fourth-order valence-corrected chi connectivity index (χ4v) is 4.34. The molecular weight excluding hydrogens is 398 g/mol. The summed E-state index contributed by atoms with van der Waals surface area (Å²) in [6.07, 6.45) is 1.36. The molecule has 0 unspecified atom stereocenters. The maximum absolute atomic E-state index is 12.7. The van der Waals surface area contributed by atoms with Gasteiger partial charge in [-0.05, 0) is 18.2 Å². The maximum Gasteiger partial charge on any atom is 0.244 e. The normalized spacial score (nSPS) is 15.0. The summed E-state index contributed by atoms with van der Waals surface area (Å²) in [5.41, 5.74) is 0.844. The average Bonchev–Trinajstić information content (AvgIpc) is 2.77. The fourth-order valence-electron chi connectivity index (χ4n) is 2.99. The number of hydrogen-bond donors (Lipinski definition) is 1. The molecule has 2 aromatic rings. The predicted octanol–water partition coefficient (Wildman–Crippen LogP) is 1.74. The van der Waals surface area contributed by atoms with Crippen molar-refractivity contribution in [3.8, 4) is 17.2 Å². The van der Waals surface area contributed by atoms with Crippen LogP contribution in [0.4, 0.5) is 5.82 Å². The smallest absolute Gasteiger partial charge is 0.244 e. The van der Waals surface area contributed by atoms with E-state index in [9.17, 15) is 8.42 Å². The number of sulfonamides is 1. The molecule has 0 atom stereocenters. The summed E-state index contributed by atoms with van der Waals surface area (Å²) in [6, 6.07) is 6.76. The van der Waals surface area contributed by atoms with Gasteiger partial charge in [-0.15, -0.1) is 0 Å². The van der Waals surface area contributed by atoms with Crippen molar-refractivity contribution in [3.05, 3.63) is 36.0 Å². The van der Waals surface area contributed by atoms with Gasteiger partial charge < -0.3 is 24.3 Å². The Hall–Kier alpha value is -2.56. The van der Waals surface area contributed by atoms with E-state index in [1.54, 1.807) is 39.5 Å². The van der Waals surface area contributed by atoms with Gasteiger partial charge in [0.1, 0.15) is 16.5 Å². The van der Waals surface area contributed by atoms with Crippen molar-refractivity contribution < 1.29 is 27.4 Å². The van der Waals surface area contributed by atoms with Gasteiger partial charge in [-0.25, -0.2) is 13.4 Å². The van der Waals surface area contributed by atoms with Gasteiger partial charge >= 0.3 is 0 Å². The lowest BCUT2D eigenvalue weighted by Gasteiger charge is -2.25. The molecule has 0 spiro atoms. The van der Waals surface area contributed by atoms with Crippen LogP contribution in [0.2, 0.25) is 0 Å². The Morgan fingerprint density at radius 2 is 1.69 bits per heavy atom. The van der Waals surface area contributed by atoms with Crippen LogP contribution in [-0.2, 0) is 21.3 Å². The van der Waals surface area contributed by atoms with Crippen LogP contribution in [-0.4, -0.2) is 65.3 Å². The molecule has 1 aromatic heterocycles. The van der Waals surface area contributed by atoms with Gasteiger partial charge in [0.15, 0.2) is 11.5 Å². The number of nitrogens with one attached hydrogen (secondary N) is 1. The third-order valence-electron chi connectivity index (χ3n) is 4.59. The van der Waals surface area contributed by atoms with E-state index in [1.807, 2.05) is 6.07 Å². The molecule has 29 heavy (non-hydrogen) atoms. The SMILES string of the molecule is COc1cc(OC)c(OC)cc1CNc1ccc(S(=O)(=O)N2CCOCC2)cn1. The molecule has 158 valence electrons. The summed E-state index contributed by atoms with van der Waals surface area (Å²) in [7, 11) is 1.14. The second-order valence-corrected chi connectivity index (χ2v) is 8.21. The molecule has 0 amide bonds. The zero-order chi connectivity index (χ0) is 20.9. The molecule has 3 rings (SSSR count). The van der Waals surface area contributed by atoms with E-state index in [4.69, 9.17) is 18.9 Å². The minimum atomic E-state index is -3.56. The molecule has 0 saturated carbocycles. The summed E-state index contributed by atoms with van der Waals surface area (Å²) >= 11 is 0. The number of nitrogens with zero attached hydrogens (tertiary/aromatic N) is 2. The Morgan fingerprint density at radius 1 is 1.03 bits per heavy atom. The number of hydrogen-bond acceptors (Lipinski definition) is 8. The van der Waals surface area contributed by atoms with Crippen molar-refractivity contribution in [2.45, 2.75) is 11.4 Å². The molecule has 0 radical (unpaired) electrons. The van der Waals surface area contributed by atoms with Crippen LogP contribution in [0.1, 0.15) is 5.56 Å². The highest BCUT2D eigenvalue weighted by molar-refractivity contribution is 7.89. The number of methoxy groups -OCH3 is 3. The highest BCUT2D eigenvalue weighted by Gasteiger charge is 2.26. The summed E-state index contributed by atoms with van der Waals surface area (Å²) in [5.74, 6) is 2.35. The molecule has 1 saturated heterocycles. The molecule has 0 aliphatic carbocycles. The van der Waals surface area contributed by atoms with E-state index >= 15 is 0 Å². The first-order valence-electron chi connectivity index (χ1n) is 9.06. The van der Waals surface area contributed by atoms with Crippen LogP contribution in [0.25, 0.3) is 0 Å². The predicted molar refractivity (Wildman–Crippen MR) is 107 cm³/mol. The highest BCUT2D eigenvalue weighted by atomic mass is 32.2. The summed E-state index contributed by atoms with van der Waals surface area (Å²) in [6.45, 7) is 1.91. The quantitative estimate of drug-likeness (QED) is 0.686. The molecule has 10 heteroatoms. The minimum Gasteiger partial charge on any atom is -0.496 e. The van der Waals surface area contributed by atoms with Crippen molar-refractivity contribution in [1.29, 1.82) is 0 Å². The number of benzene rings is 1. The van der Waals surface area contributed by atoms with Crippen molar-refractivity contribution in [3.63, 3.8) is 0 Å². The van der Waals surface area contributed by atoms with Crippen LogP contribution in [0, 0.1) is 0 Å². The molecule has 2 heterocycles. The number of aromatic nitrogens is 1. The van der Waals surface area contributed by atoms with Gasteiger partial charge in [-0.2, -0.15) is 4.31 Å². The van der Waals surface area contributed by atoms with Gasteiger partial charge in [0.2, 0.25) is 10.0 Å². The average molecular weight is 423 g/mol. The number of ether oxygens (including phenoxy) is 4. The van der Waals surface area contributed by atoms with E-state index in [-0.39, 0.29) is 4.90 Å². The summed E-state index contributed by atoms with van der Waals surface area (Å²) in [5, 5.41) is 3.17. The molecule has 1 N–H and O–H groups in total. The molecule has 0 bridgehead atoms. The molecule has 1 aliphatic rings. The van der Waals surface area contributed by atoms with Crippen LogP contribution < -0.4 is 19.5 Å². The lowest BCUT2D eigenvalue weighted by molar-refractivity contribution is 0.0730. The van der Waals surface area contributed by atoms with Gasteiger partial charge in [0, 0.05) is 37.5 Å². The molecule has 9 nitrogen and oxygen atoms in total. The monoisotopic (exact) mass is 423 g/mol. The Bertz CT molecular complexity index is 928. The van der Waals surface area contributed by atoms with E-state index in [0.717, 1.165) is 5.56 Å². The standard InChI is InChI=1S/C19H25N3O6S/c1-25-16-11-18(27-3)17(26-2)10-14(16)12-20-19-5-4-15(13-21-19)29(23,24)22-6-8-28-9-7-22/h4-5,10-11,13H,6-9,12H2,1-3H3,(H,20,21). The lowest BCUT2D eigenvalue weighted by Crippen LogP contribution is -2.40. The van der Waals surface area contributed by atoms with Crippen LogP contribution in [0.5, 0.6) is 17.2 Å². The molecule has 1 aromatic carbocycles. The van der Waals surface area contributed by atoms with E-state index in [0.29, 0.717) is 55.9 Å². The number of pyridine rings is 1. The second-order valence-electron chi connectivity index (χ2n) is 6.27. The van der Waals surface area contributed by atoms with E-state index in [1.165, 1.54) is 10.5 Å². The zero-order valence-electron chi connectivity index (χ0n) is 16.7. The van der Waals surface area contributed by atoms with Crippen molar-refractivity contribution in [1.82, 2.24) is 9.29 Å². The second kappa shape index (κ2) is 9.29. The van der Waals surface area contributed by atoms with E-state index in [2.05, 4.69) is 10.3 Å². The van der Waals surface area contributed by atoms with E-state index < -0.39 is 10.0 Å². The zero-order valence-corrected chi connectivity index (χ0v) is 17.5. The van der Waals surface area contributed by atoms with Crippen LogP contribution in [0.15, 0.2) is 35.4 Å². The topological polar surface area (TPSA) is 99.2 Å². The summed E-state index contributed by atoms with van der Waals surface area (Å²) in [4.78, 5) is 4.40. The number of morpholine rings is 1. The van der Waals surface area contributed by atoms with Crippen molar-refractivity contribution >= 4 is 15.8 Å². The number of anilines is 1. The minimum absolute atomic E-state index is 0.161. The first-order chi connectivity index (χ1) is 14.0. The Kier molecular flexibility index (Phi) is 6.78. The largest absolute Gasteiger partial charge is 0.496 e.